The number of nitrogens with zero attached hydrogens (tertiary/aromatic N) is 2. The molecule has 21 heavy (non-hydrogen) atoms. The predicted octanol–water partition coefficient (Wildman–Crippen LogP) is 2.00. The minimum absolute atomic E-state index is 0.0443. The van der Waals surface area contributed by atoms with E-state index < -0.39 is 21.9 Å². The van der Waals surface area contributed by atoms with Gasteiger partial charge in [-0.1, -0.05) is 6.92 Å². The number of methoxy groups -OCH3 is 1. The van der Waals surface area contributed by atoms with Crippen molar-refractivity contribution < 1.29 is 26.3 Å². The van der Waals surface area contributed by atoms with Gasteiger partial charge in [0.2, 0.25) is 10.0 Å². The molecule has 1 rings (SSSR count). The highest BCUT2D eigenvalue weighted by Gasteiger charge is 2.33. The lowest BCUT2D eigenvalue weighted by atomic mass is 10.2. The quantitative estimate of drug-likeness (QED) is 0.802. The molecule has 0 radical (unpaired) electrons. The van der Waals surface area contributed by atoms with E-state index in [0.717, 1.165) is 16.6 Å². The number of rotatable bonds is 6. The Balaban J connectivity index is 2.92. The monoisotopic (exact) mass is 326 g/mol. The highest BCUT2D eigenvalue weighted by molar-refractivity contribution is 7.89. The van der Waals surface area contributed by atoms with E-state index in [1.54, 1.807) is 6.92 Å². The molecule has 0 bridgehead atoms. The fourth-order valence-electron chi connectivity index (χ4n) is 1.75. The summed E-state index contributed by atoms with van der Waals surface area (Å²) in [5, 5.41) is 0. The van der Waals surface area contributed by atoms with Gasteiger partial charge in [-0.3, -0.25) is 4.98 Å². The third-order valence-corrected chi connectivity index (χ3v) is 4.56. The first-order valence-corrected chi connectivity index (χ1v) is 7.51. The summed E-state index contributed by atoms with van der Waals surface area (Å²) in [4.78, 5) is 2.88. The van der Waals surface area contributed by atoms with Crippen LogP contribution in [-0.2, 0) is 20.9 Å². The zero-order valence-corrected chi connectivity index (χ0v) is 12.7. The second-order valence-electron chi connectivity index (χ2n) is 4.72. The Morgan fingerprint density at radius 2 is 2.00 bits per heavy atom. The normalized spacial score (nSPS) is 14.4. The van der Waals surface area contributed by atoms with Crippen LogP contribution in [0.5, 0.6) is 0 Å². The van der Waals surface area contributed by atoms with E-state index in [0.29, 0.717) is 12.7 Å². The van der Waals surface area contributed by atoms with Crippen LogP contribution in [0.15, 0.2) is 23.2 Å². The molecule has 0 saturated heterocycles. The third-order valence-electron chi connectivity index (χ3n) is 2.75. The van der Waals surface area contributed by atoms with E-state index in [-0.39, 0.29) is 17.4 Å². The Hall–Kier alpha value is -1.19. The molecule has 0 N–H and O–H groups in total. The lowest BCUT2D eigenvalue weighted by Gasteiger charge is -2.20. The molecule has 0 aliphatic carbocycles. The van der Waals surface area contributed by atoms with Crippen LogP contribution in [0, 0.1) is 5.92 Å². The van der Waals surface area contributed by atoms with Crippen LogP contribution in [-0.4, -0.2) is 45.0 Å². The molecule has 0 saturated carbocycles. The van der Waals surface area contributed by atoms with Gasteiger partial charge in [0, 0.05) is 33.5 Å². The van der Waals surface area contributed by atoms with E-state index in [1.807, 2.05) is 0 Å². The van der Waals surface area contributed by atoms with Crippen molar-refractivity contribution in [1.29, 1.82) is 0 Å². The van der Waals surface area contributed by atoms with Gasteiger partial charge < -0.3 is 4.74 Å². The number of pyridine rings is 1. The number of aromatic nitrogens is 1. The minimum Gasteiger partial charge on any atom is -0.384 e. The number of hydrogen-bond acceptors (Lipinski definition) is 4. The number of sulfonamides is 1. The van der Waals surface area contributed by atoms with Crippen molar-refractivity contribution in [2.24, 2.45) is 5.92 Å². The molecule has 1 aromatic rings. The molecule has 0 unspecified atom stereocenters. The first-order chi connectivity index (χ1) is 9.59. The topological polar surface area (TPSA) is 59.5 Å². The van der Waals surface area contributed by atoms with Crippen molar-refractivity contribution in [3.05, 3.63) is 24.0 Å². The Kier molecular flexibility index (Phi) is 5.71. The lowest BCUT2D eigenvalue weighted by Crippen LogP contribution is -2.32. The van der Waals surface area contributed by atoms with Crippen LogP contribution in [0.2, 0.25) is 0 Å². The average molecular weight is 326 g/mol. The van der Waals surface area contributed by atoms with Gasteiger partial charge in [-0.2, -0.15) is 13.2 Å². The maximum absolute atomic E-state index is 12.4. The van der Waals surface area contributed by atoms with E-state index in [9.17, 15) is 21.6 Å². The van der Waals surface area contributed by atoms with Gasteiger partial charge in [-0.15, -0.1) is 0 Å². The summed E-state index contributed by atoms with van der Waals surface area (Å²) >= 11 is 0. The van der Waals surface area contributed by atoms with Crippen molar-refractivity contribution in [2.45, 2.75) is 18.0 Å². The van der Waals surface area contributed by atoms with Gasteiger partial charge >= 0.3 is 6.18 Å². The molecule has 1 atom stereocenters. The zero-order chi connectivity index (χ0) is 16.3. The van der Waals surface area contributed by atoms with E-state index >= 15 is 0 Å². The van der Waals surface area contributed by atoms with Crippen molar-refractivity contribution in [1.82, 2.24) is 9.29 Å². The molecule has 0 aliphatic heterocycles. The maximum Gasteiger partial charge on any atom is 0.433 e. The summed E-state index contributed by atoms with van der Waals surface area (Å²) < 4.78 is 67.6. The van der Waals surface area contributed by atoms with Gasteiger partial charge in [0.15, 0.2) is 0 Å². The fraction of sp³-hybridized carbons (Fsp3) is 0.583. The van der Waals surface area contributed by atoms with Crippen LogP contribution >= 0.6 is 0 Å². The van der Waals surface area contributed by atoms with Crippen LogP contribution in [0.4, 0.5) is 13.2 Å². The summed E-state index contributed by atoms with van der Waals surface area (Å²) in [6.07, 6.45) is -3.88. The Morgan fingerprint density at radius 3 is 2.43 bits per heavy atom. The zero-order valence-electron chi connectivity index (χ0n) is 11.9. The summed E-state index contributed by atoms with van der Waals surface area (Å²) in [6, 6.07) is 1.56. The Morgan fingerprint density at radius 1 is 1.38 bits per heavy atom. The van der Waals surface area contributed by atoms with Gasteiger partial charge in [-0.05, 0) is 18.1 Å². The van der Waals surface area contributed by atoms with Crippen LogP contribution in [0.3, 0.4) is 0 Å². The number of ether oxygens (including phenoxy) is 1. The van der Waals surface area contributed by atoms with Crippen molar-refractivity contribution in [2.75, 3.05) is 27.3 Å². The number of alkyl halides is 3. The van der Waals surface area contributed by atoms with E-state index in [2.05, 4.69) is 4.98 Å². The lowest BCUT2D eigenvalue weighted by molar-refractivity contribution is -0.141. The number of halogens is 3. The molecule has 1 aromatic heterocycles. The van der Waals surface area contributed by atoms with Gasteiger partial charge in [0.25, 0.3) is 0 Å². The Bertz CT molecular complexity index is 558. The molecule has 120 valence electrons. The molecule has 0 fully saturated rings. The van der Waals surface area contributed by atoms with Crippen molar-refractivity contribution >= 4 is 10.0 Å². The molecule has 0 aromatic carbocycles. The molecular formula is C12H17F3N2O3S. The van der Waals surface area contributed by atoms with Crippen LogP contribution in [0.25, 0.3) is 0 Å². The van der Waals surface area contributed by atoms with Crippen LogP contribution in [0.1, 0.15) is 12.6 Å². The highest BCUT2D eigenvalue weighted by atomic mass is 32.2. The molecule has 0 spiro atoms. The van der Waals surface area contributed by atoms with Crippen LogP contribution < -0.4 is 0 Å². The molecular weight excluding hydrogens is 309 g/mol. The first kappa shape index (κ1) is 17.9. The Labute approximate surface area is 121 Å². The molecule has 9 heteroatoms. The molecule has 5 nitrogen and oxygen atoms in total. The predicted molar refractivity (Wildman–Crippen MR) is 70.1 cm³/mol. The molecule has 0 amide bonds. The van der Waals surface area contributed by atoms with E-state index in [4.69, 9.17) is 4.74 Å². The molecule has 1 heterocycles. The standard InChI is InChI=1S/C12H17F3N2O3S/c1-9(8-20-3)7-17(2)21(18,19)10-4-5-11(16-6-10)12(13,14)15/h4-6,9H,7-8H2,1-3H3/t9-/m0/s1. The largest absolute Gasteiger partial charge is 0.433 e. The van der Waals surface area contributed by atoms with Gasteiger partial charge in [0.05, 0.1) is 0 Å². The van der Waals surface area contributed by atoms with Gasteiger partial charge in [0.1, 0.15) is 10.6 Å². The fourth-order valence-corrected chi connectivity index (χ4v) is 2.99. The maximum atomic E-state index is 12.4. The summed E-state index contributed by atoms with van der Waals surface area (Å²) in [7, 11) is -1.00. The smallest absolute Gasteiger partial charge is 0.384 e. The second-order valence-corrected chi connectivity index (χ2v) is 6.77. The second kappa shape index (κ2) is 6.71. The molecule has 0 aliphatic rings. The first-order valence-electron chi connectivity index (χ1n) is 6.07. The van der Waals surface area contributed by atoms with Gasteiger partial charge in [-0.25, -0.2) is 12.7 Å². The minimum atomic E-state index is -4.60. The number of hydrogen-bond donors (Lipinski definition) is 0. The average Bonchev–Trinajstić information content (AvgIpc) is 2.38. The van der Waals surface area contributed by atoms with Crippen molar-refractivity contribution in [3.63, 3.8) is 0 Å². The van der Waals surface area contributed by atoms with E-state index in [1.165, 1.54) is 14.2 Å². The summed E-state index contributed by atoms with van der Waals surface area (Å²) in [5.74, 6) is -0.0443. The third kappa shape index (κ3) is 4.65. The summed E-state index contributed by atoms with van der Waals surface area (Å²) in [5.41, 5.74) is -1.13. The summed E-state index contributed by atoms with van der Waals surface area (Å²) in [6.45, 7) is 2.38. The highest BCUT2D eigenvalue weighted by Crippen LogP contribution is 2.28. The van der Waals surface area contributed by atoms with Crippen molar-refractivity contribution in [3.8, 4) is 0 Å². The SMILES string of the molecule is COC[C@@H](C)CN(C)S(=O)(=O)c1ccc(C(F)(F)F)nc1.